The first kappa shape index (κ1) is 16.3. The van der Waals surface area contributed by atoms with Gasteiger partial charge in [0.25, 0.3) is 0 Å². The third kappa shape index (κ3) is 5.35. The van der Waals surface area contributed by atoms with E-state index in [2.05, 4.69) is 32.9 Å². The van der Waals surface area contributed by atoms with Crippen molar-refractivity contribution in [2.24, 2.45) is 10.9 Å². The zero-order valence-electron chi connectivity index (χ0n) is 13.5. The summed E-state index contributed by atoms with van der Waals surface area (Å²) in [6.07, 6.45) is 3.26. The number of nitrogens with zero attached hydrogens (tertiary/aromatic N) is 2. The van der Waals surface area contributed by atoms with E-state index < -0.39 is 0 Å². The van der Waals surface area contributed by atoms with E-state index in [9.17, 15) is 4.79 Å². The lowest BCUT2D eigenvalue weighted by molar-refractivity contribution is -0.116. The molecule has 2 unspecified atom stereocenters. The SMILES string of the molecule is CCNC(=NCCC(=O)Nc1ccc(C)cn1)NC1CC1C. The first-order valence-corrected chi connectivity index (χ1v) is 7.86. The molecule has 1 aliphatic carbocycles. The summed E-state index contributed by atoms with van der Waals surface area (Å²) < 4.78 is 0. The highest BCUT2D eigenvalue weighted by Gasteiger charge is 2.33. The van der Waals surface area contributed by atoms with Gasteiger partial charge in [0.2, 0.25) is 5.91 Å². The largest absolute Gasteiger partial charge is 0.357 e. The Morgan fingerprint density at radius 3 is 2.82 bits per heavy atom. The fourth-order valence-electron chi connectivity index (χ4n) is 2.04. The van der Waals surface area contributed by atoms with E-state index in [1.807, 2.05) is 19.9 Å². The summed E-state index contributed by atoms with van der Waals surface area (Å²) in [5.41, 5.74) is 1.07. The van der Waals surface area contributed by atoms with Gasteiger partial charge in [0.05, 0.1) is 6.54 Å². The number of amides is 1. The second-order valence-corrected chi connectivity index (χ2v) is 5.74. The molecule has 1 heterocycles. The monoisotopic (exact) mass is 303 g/mol. The number of rotatable bonds is 6. The highest BCUT2D eigenvalue weighted by Crippen LogP contribution is 2.28. The molecular formula is C16H25N5O. The minimum absolute atomic E-state index is 0.0734. The molecular weight excluding hydrogens is 278 g/mol. The van der Waals surface area contributed by atoms with Crippen LogP contribution in [0.15, 0.2) is 23.3 Å². The Kier molecular flexibility index (Phi) is 5.75. The molecule has 120 valence electrons. The molecule has 0 aromatic carbocycles. The minimum Gasteiger partial charge on any atom is -0.357 e. The maximum atomic E-state index is 11.9. The fourth-order valence-corrected chi connectivity index (χ4v) is 2.04. The zero-order valence-corrected chi connectivity index (χ0v) is 13.5. The van der Waals surface area contributed by atoms with Crippen molar-refractivity contribution in [2.45, 2.75) is 39.7 Å². The third-order valence-corrected chi connectivity index (χ3v) is 3.56. The topological polar surface area (TPSA) is 78.4 Å². The predicted octanol–water partition coefficient (Wildman–Crippen LogP) is 1.68. The molecule has 22 heavy (non-hydrogen) atoms. The molecule has 6 nitrogen and oxygen atoms in total. The Balaban J connectivity index is 1.76. The molecule has 0 bridgehead atoms. The highest BCUT2D eigenvalue weighted by molar-refractivity contribution is 5.90. The van der Waals surface area contributed by atoms with Crippen LogP contribution in [0.25, 0.3) is 0 Å². The van der Waals surface area contributed by atoms with Crippen molar-refractivity contribution < 1.29 is 4.79 Å². The standard InChI is InChI=1S/C16H25N5O/c1-4-17-16(20-13-9-12(13)3)18-8-7-15(22)21-14-6-5-11(2)10-19-14/h5-6,10,12-13H,4,7-9H2,1-3H3,(H2,17,18,20)(H,19,21,22). The van der Waals surface area contributed by atoms with Crippen LogP contribution in [-0.4, -0.2) is 36.0 Å². The van der Waals surface area contributed by atoms with Gasteiger partial charge in [-0.05, 0) is 37.8 Å². The minimum atomic E-state index is -0.0734. The molecule has 2 rings (SSSR count). The quantitative estimate of drug-likeness (QED) is 0.552. The van der Waals surface area contributed by atoms with Crippen LogP contribution in [0.3, 0.4) is 0 Å². The second kappa shape index (κ2) is 7.77. The number of hydrogen-bond donors (Lipinski definition) is 3. The number of guanidine groups is 1. The number of aromatic nitrogens is 1. The van der Waals surface area contributed by atoms with Crippen molar-refractivity contribution in [2.75, 3.05) is 18.4 Å². The Bertz CT molecular complexity index is 526. The predicted molar refractivity (Wildman–Crippen MR) is 88.9 cm³/mol. The van der Waals surface area contributed by atoms with Crippen LogP contribution >= 0.6 is 0 Å². The van der Waals surface area contributed by atoms with Gasteiger partial charge in [0.1, 0.15) is 5.82 Å². The van der Waals surface area contributed by atoms with Crippen LogP contribution in [0.4, 0.5) is 5.82 Å². The molecule has 6 heteroatoms. The summed E-state index contributed by atoms with van der Waals surface area (Å²) in [6.45, 7) is 7.47. The molecule has 1 aromatic rings. The van der Waals surface area contributed by atoms with E-state index in [4.69, 9.17) is 0 Å². The average Bonchev–Trinajstić information content (AvgIpc) is 3.17. The molecule has 1 aromatic heterocycles. The number of hydrogen-bond acceptors (Lipinski definition) is 3. The maximum Gasteiger partial charge on any atom is 0.227 e. The molecule has 1 amide bonds. The first-order valence-electron chi connectivity index (χ1n) is 7.86. The van der Waals surface area contributed by atoms with Gasteiger partial charge in [0, 0.05) is 25.2 Å². The average molecular weight is 303 g/mol. The lowest BCUT2D eigenvalue weighted by Gasteiger charge is -2.10. The van der Waals surface area contributed by atoms with Gasteiger partial charge >= 0.3 is 0 Å². The summed E-state index contributed by atoms with van der Waals surface area (Å²) in [5.74, 6) is 2.00. The van der Waals surface area contributed by atoms with Gasteiger partial charge in [-0.1, -0.05) is 13.0 Å². The van der Waals surface area contributed by atoms with E-state index in [0.29, 0.717) is 30.7 Å². The smallest absolute Gasteiger partial charge is 0.227 e. The van der Waals surface area contributed by atoms with Crippen molar-refractivity contribution in [3.05, 3.63) is 23.9 Å². The van der Waals surface area contributed by atoms with Gasteiger partial charge in [-0.3, -0.25) is 9.79 Å². The van der Waals surface area contributed by atoms with Crippen LogP contribution in [-0.2, 0) is 4.79 Å². The number of carbonyl (C=O) groups is 1. The molecule has 0 spiro atoms. The Labute approximate surface area is 131 Å². The van der Waals surface area contributed by atoms with Crippen molar-refractivity contribution in [3.8, 4) is 0 Å². The molecule has 1 aliphatic rings. The number of aryl methyl sites for hydroxylation is 1. The van der Waals surface area contributed by atoms with Crippen molar-refractivity contribution in [1.29, 1.82) is 0 Å². The Hall–Kier alpha value is -2.11. The number of anilines is 1. The summed E-state index contributed by atoms with van der Waals surface area (Å²) in [7, 11) is 0. The fraction of sp³-hybridized carbons (Fsp3) is 0.562. The van der Waals surface area contributed by atoms with Crippen LogP contribution in [0.1, 0.15) is 32.3 Å². The van der Waals surface area contributed by atoms with Crippen molar-refractivity contribution >= 4 is 17.7 Å². The van der Waals surface area contributed by atoms with Crippen LogP contribution in [0.2, 0.25) is 0 Å². The van der Waals surface area contributed by atoms with E-state index in [1.54, 1.807) is 12.3 Å². The Morgan fingerprint density at radius 1 is 1.45 bits per heavy atom. The molecule has 0 radical (unpaired) electrons. The van der Waals surface area contributed by atoms with Gasteiger partial charge < -0.3 is 16.0 Å². The van der Waals surface area contributed by atoms with Crippen LogP contribution in [0.5, 0.6) is 0 Å². The molecule has 3 N–H and O–H groups in total. The molecule has 0 saturated heterocycles. The maximum absolute atomic E-state index is 11.9. The second-order valence-electron chi connectivity index (χ2n) is 5.74. The lowest BCUT2D eigenvalue weighted by atomic mass is 10.3. The van der Waals surface area contributed by atoms with Gasteiger partial charge in [-0.25, -0.2) is 4.98 Å². The van der Waals surface area contributed by atoms with E-state index in [1.165, 1.54) is 6.42 Å². The van der Waals surface area contributed by atoms with E-state index >= 15 is 0 Å². The normalized spacial score (nSPS) is 20.4. The van der Waals surface area contributed by atoms with E-state index in [0.717, 1.165) is 18.1 Å². The molecule has 2 atom stereocenters. The summed E-state index contributed by atoms with van der Waals surface area (Å²) in [6, 6.07) is 4.24. The zero-order chi connectivity index (χ0) is 15.9. The number of aliphatic imine (C=N–C) groups is 1. The number of carbonyl (C=O) groups excluding carboxylic acids is 1. The summed E-state index contributed by atoms with van der Waals surface area (Å²) >= 11 is 0. The third-order valence-electron chi connectivity index (χ3n) is 3.56. The first-order chi connectivity index (χ1) is 10.6. The summed E-state index contributed by atoms with van der Waals surface area (Å²) in [4.78, 5) is 20.5. The van der Waals surface area contributed by atoms with Crippen LogP contribution in [0, 0.1) is 12.8 Å². The summed E-state index contributed by atoms with van der Waals surface area (Å²) in [5, 5.41) is 9.34. The van der Waals surface area contributed by atoms with Gasteiger partial charge in [-0.15, -0.1) is 0 Å². The van der Waals surface area contributed by atoms with Crippen LogP contribution < -0.4 is 16.0 Å². The number of nitrogens with one attached hydrogen (secondary N) is 3. The molecule has 1 saturated carbocycles. The van der Waals surface area contributed by atoms with Gasteiger partial charge in [0.15, 0.2) is 5.96 Å². The molecule has 0 aliphatic heterocycles. The van der Waals surface area contributed by atoms with E-state index in [-0.39, 0.29) is 5.91 Å². The highest BCUT2D eigenvalue weighted by atomic mass is 16.1. The number of pyridine rings is 1. The van der Waals surface area contributed by atoms with Crippen molar-refractivity contribution in [1.82, 2.24) is 15.6 Å². The molecule has 1 fully saturated rings. The van der Waals surface area contributed by atoms with Gasteiger partial charge in [-0.2, -0.15) is 0 Å². The lowest BCUT2D eigenvalue weighted by Crippen LogP contribution is -2.39. The Morgan fingerprint density at radius 2 is 2.23 bits per heavy atom. The van der Waals surface area contributed by atoms with Crippen molar-refractivity contribution in [3.63, 3.8) is 0 Å².